The van der Waals surface area contributed by atoms with Gasteiger partial charge < -0.3 is 23.2 Å². The zero-order valence-electron chi connectivity index (χ0n) is 18.5. The van der Waals surface area contributed by atoms with E-state index in [1.54, 1.807) is 19.1 Å². The number of benzene rings is 1. The Hall–Kier alpha value is -3.22. The molecule has 0 fully saturated rings. The van der Waals surface area contributed by atoms with Crippen molar-refractivity contribution in [3.05, 3.63) is 53.1 Å². The van der Waals surface area contributed by atoms with Crippen LogP contribution in [0.25, 0.3) is 10.9 Å². The Bertz CT molecular complexity index is 1060. The number of furan rings is 1. The summed E-state index contributed by atoms with van der Waals surface area (Å²) in [6, 6.07) is 9.23. The molecule has 3 aromatic rings. The summed E-state index contributed by atoms with van der Waals surface area (Å²) in [5, 5.41) is 0.815. The second kappa shape index (κ2) is 10.2. The van der Waals surface area contributed by atoms with Crippen LogP contribution in [0.2, 0.25) is 0 Å². The smallest absolute Gasteiger partial charge is 0.340 e. The minimum Gasteiger partial charge on any atom is -0.486 e. The van der Waals surface area contributed by atoms with Gasteiger partial charge in [0, 0.05) is 23.1 Å². The number of rotatable bonds is 10. The second-order valence-corrected chi connectivity index (χ2v) is 7.27. The van der Waals surface area contributed by atoms with Crippen molar-refractivity contribution in [2.24, 2.45) is 0 Å². The minimum absolute atomic E-state index is 0.0793. The Kier molecular flexibility index (Phi) is 7.39. The van der Waals surface area contributed by atoms with Crippen LogP contribution < -0.4 is 4.74 Å². The lowest BCUT2D eigenvalue weighted by Gasteiger charge is -2.08. The Morgan fingerprint density at radius 1 is 1.10 bits per heavy atom. The van der Waals surface area contributed by atoms with Crippen molar-refractivity contribution in [3.63, 3.8) is 0 Å². The highest BCUT2D eigenvalue weighted by Gasteiger charge is 2.21. The van der Waals surface area contributed by atoms with Gasteiger partial charge in [-0.15, -0.1) is 0 Å². The van der Waals surface area contributed by atoms with Crippen LogP contribution in [0.1, 0.15) is 54.3 Å². The maximum Gasteiger partial charge on any atom is 0.340 e. The van der Waals surface area contributed by atoms with Crippen molar-refractivity contribution in [1.29, 1.82) is 0 Å². The summed E-state index contributed by atoms with van der Waals surface area (Å²) in [6.07, 6.45) is 2.17. The van der Waals surface area contributed by atoms with Gasteiger partial charge in [-0.2, -0.15) is 0 Å². The topological polar surface area (TPSA) is 79.9 Å². The van der Waals surface area contributed by atoms with Crippen LogP contribution in [0.3, 0.4) is 0 Å². The Balaban J connectivity index is 1.84. The number of methoxy groups -OCH3 is 1. The van der Waals surface area contributed by atoms with Crippen LogP contribution in [0.4, 0.5) is 0 Å². The number of fused-ring (bicyclic) bond motifs is 1. The number of aryl methyl sites for hydroxylation is 1. The molecule has 0 atom stereocenters. The predicted molar refractivity (Wildman–Crippen MR) is 116 cm³/mol. The van der Waals surface area contributed by atoms with E-state index in [0.717, 1.165) is 36.0 Å². The Morgan fingerprint density at radius 2 is 1.87 bits per heavy atom. The molecule has 0 aliphatic heterocycles. The van der Waals surface area contributed by atoms with E-state index in [4.69, 9.17) is 13.9 Å². The van der Waals surface area contributed by atoms with Gasteiger partial charge >= 0.3 is 11.9 Å². The fraction of sp³-hybridized carbons (Fsp3) is 0.417. The number of carbonyl (C=O) groups is 2. The first-order valence-electron chi connectivity index (χ1n) is 10.6. The number of ether oxygens (including phenoxy) is 3. The summed E-state index contributed by atoms with van der Waals surface area (Å²) in [6.45, 7) is 7.27. The normalized spacial score (nSPS) is 11.0. The second-order valence-electron chi connectivity index (χ2n) is 7.27. The Morgan fingerprint density at radius 3 is 2.58 bits per heavy atom. The van der Waals surface area contributed by atoms with Crippen molar-refractivity contribution in [1.82, 2.24) is 4.57 Å². The maximum absolute atomic E-state index is 12.6. The lowest BCUT2D eigenvalue weighted by atomic mass is 10.1. The molecular formula is C24H29NO6. The van der Waals surface area contributed by atoms with E-state index in [1.165, 1.54) is 7.11 Å². The third-order valence-electron chi connectivity index (χ3n) is 5.15. The summed E-state index contributed by atoms with van der Waals surface area (Å²) in [7, 11) is 1.34. The van der Waals surface area contributed by atoms with E-state index in [-0.39, 0.29) is 25.0 Å². The van der Waals surface area contributed by atoms with E-state index in [2.05, 4.69) is 16.2 Å². The standard InChI is InChI=1S/C24H29NO6/c1-5-7-12-25-16(3)23(24(27)29-6-2)20-13-17(10-11-21(20)25)30-15-19-9-8-18(31-19)14-22(26)28-4/h8-11,13H,5-7,12,14-15H2,1-4H3. The van der Waals surface area contributed by atoms with Gasteiger partial charge in [0.2, 0.25) is 0 Å². The van der Waals surface area contributed by atoms with E-state index in [0.29, 0.717) is 29.4 Å². The number of hydrogen-bond donors (Lipinski definition) is 0. The van der Waals surface area contributed by atoms with Gasteiger partial charge in [0.25, 0.3) is 0 Å². The summed E-state index contributed by atoms with van der Waals surface area (Å²) >= 11 is 0. The average Bonchev–Trinajstić information content (AvgIpc) is 3.31. The molecule has 0 radical (unpaired) electrons. The van der Waals surface area contributed by atoms with Crippen LogP contribution in [0.15, 0.2) is 34.7 Å². The zero-order valence-corrected chi connectivity index (χ0v) is 18.5. The molecule has 0 aliphatic rings. The van der Waals surface area contributed by atoms with Crippen LogP contribution in [0, 0.1) is 6.92 Å². The molecule has 0 N–H and O–H groups in total. The Labute approximate surface area is 181 Å². The minimum atomic E-state index is -0.360. The zero-order chi connectivity index (χ0) is 22.4. The average molecular weight is 427 g/mol. The SMILES string of the molecule is CCCCn1c(C)c(C(=O)OCC)c2cc(OCc3ccc(CC(=O)OC)o3)ccc21. The molecule has 7 heteroatoms. The van der Waals surface area contributed by atoms with Crippen LogP contribution in [-0.2, 0) is 33.8 Å². The third-order valence-corrected chi connectivity index (χ3v) is 5.15. The number of carbonyl (C=O) groups excluding carboxylic acids is 2. The van der Waals surface area contributed by atoms with Crippen LogP contribution in [0.5, 0.6) is 5.75 Å². The summed E-state index contributed by atoms with van der Waals surface area (Å²) in [4.78, 5) is 24.0. The van der Waals surface area contributed by atoms with Gasteiger partial charge in [0.1, 0.15) is 30.3 Å². The van der Waals surface area contributed by atoms with E-state index in [1.807, 2.05) is 25.1 Å². The number of aromatic nitrogens is 1. The van der Waals surface area contributed by atoms with Crippen molar-refractivity contribution < 1.29 is 28.2 Å². The van der Waals surface area contributed by atoms with E-state index < -0.39 is 0 Å². The highest BCUT2D eigenvalue weighted by Crippen LogP contribution is 2.31. The molecule has 0 saturated carbocycles. The molecule has 0 bridgehead atoms. The molecule has 0 amide bonds. The van der Waals surface area contributed by atoms with Gasteiger partial charge in [0.15, 0.2) is 0 Å². The fourth-order valence-electron chi connectivity index (χ4n) is 3.58. The quantitative estimate of drug-likeness (QED) is 0.432. The van der Waals surface area contributed by atoms with Crippen molar-refractivity contribution >= 4 is 22.8 Å². The molecule has 7 nitrogen and oxygen atoms in total. The number of unbranched alkanes of at least 4 members (excludes halogenated alkanes) is 1. The van der Waals surface area contributed by atoms with Crippen LogP contribution >= 0.6 is 0 Å². The molecular weight excluding hydrogens is 398 g/mol. The van der Waals surface area contributed by atoms with Crippen molar-refractivity contribution in [2.45, 2.75) is 53.2 Å². The first-order chi connectivity index (χ1) is 15.0. The van der Waals surface area contributed by atoms with E-state index in [9.17, 15) is 9.59 Å². The maximum atomic E-state index is 12.6. The first-order valence-corrected chi connectivity index (χ1v) is 10.6. The molecule has 2 heterocycles. The van der Waals surface area contributed by atoms with Gasteiger partial charge in [-0.25, -0.2) is 4.79 Å². The van der Waals surface area contributed by atoms with Crippen molar-refractivity contribution in [2.75, 3.05) is 13.7 Å². The highest BCUT2D eigenvalue weighted by molar-refractivity contribution is 6.06. The predicted octanol–water partition coefficient (Wildman–Crippen LogP) is 4.81. The molecule has 1 aromatic carbocycles. The number of esters is 2. The van der Waals surface area contributed by atoms with Crippen LogP contribution in [-0.4, -0.2) is 30.2 Å². The van der Waals surface area contributed by atoms with Gasteiger partial charge in [-0.05, 0) is 50.6 Å². The molecule has 2 aromatic heterocycles. The molecule has 0 unspecified atom stereocenters. The molecule has 0 aliphatic carbocycles. The van der Waals surface area contributed by atoms with Gasteiger partial charge in [-0.3, -0.25) is 4.79 Å². The molecule has 166 valence electrons. The summed E-state index contributed by atoms with van der Waals surface area (Å²) in [5.74, 6) is 1.06. The number of hydrogen-bond acceptors (Lipinski definition) is 6. The first kappa shape index (κ1) is 22.5. The van der Waals surface area contributed by atoms with E-state index >= 15 is 0 Å². The lowest BCUT2D eigenvalue weighted by molar-refractivity contribution is -0.140. The highest BCUT2D eigenvalue weighted by atomic mass is 16.5. The molecule has 31 heavy (non-hydrogen) atoms. The monoisotopic (exact) mass is 427 g/mol. The molecule has 3 rings (SSSR count). The van der Waals surface area contributed by atoms with Crippen molar-refractivity contribution in [3.8, 4) is 5.75 Å². The number of nitrogens with zero attached hydrogens (tertiary/aromatic N) is 1. The largest absolute Gasteiger partial charge is 0.486 e. The summed E-state index contributed by atoms with van der Waals surface area (Å²) in [5.41, 5.74) is 2.47. The van der Waals surface area contributed by atoms with Gasteiger partial charge in [-0.1, -0.05) is 13.3 Å². The fourth-order valence-corrected chi connectivity index (χ4v) is 3.58. The van der Waals surface area contributed by atoms with Gasteiger partial charge in [0.05, 0.1) is 19.3 Å². The molecule has 0 spiro atoms. The third kappa shape index (κ3) is 5.10. The lowest BCUT2D eigenvalue weighted by Crippen LogP contribution is -2.07. The molecule has 0 saturated heterocycles. The summed E-state index contributed by atoms with van der Waals surface area (Å²) < 4.78 is 23.6.